The van der Waals surface area contributed by atoms with Crippen LogP contribution in [-0.4, -0.2) is 233 Å². The molecule has 3 aliphatic heterocycles. The summed E-state index contributed by atoms with van der Waals surface area (Å²) in [5.41, 5.74) is 10.9. The van der Waals surface area contributed by atoms with Gasteiger partial charge in [0.1, 0.15) is 42.0 Å². The maximum Gasteiger partial charge on any atom is 0.389 e. The molecule has 0 bridgehead atoms. The van der Waals surface area contributed by atoms with Crippen LogP contribution in [0.5, 0.6) is 5.75 Å². The van der Waals surface area contributed by atoms with Crippen LogP contribution in [0.4, 0.5) is 27.6 Å². The number of nitrogens with two attached hydrogens (primary N) is 2. The number of primary amides is 2. The predicted molar refractivity (Wildman–Crippen MR) is 514 cm³/mol. The molecule has 2 aromatic carbocycles. The molecule has 0 spiro atoms. The van der Waals surface area contributed by atoms with Crippen LogP contribution in [0.2, 0.25) is 0 Å². The molecule has 14 N–H and O–H groups in total. The van der Waals surface area contributed by atoms with Gasteiger partial charge in [0.05, 0.1) is 43.4 Å². The number of halogens is 3. The minimum absolute atomic E-state index is 0.00174. The summed E-state index contributed by atoms with van der Waals surface area (Å²) >= 11 is 0. The normalized spacial score (nSPS) is 25.0. The van der Waals surface area contributed by atoms with E-state index >= 15 is 0 Å². The number of rotatable bonds is 40. The molecule has 34 nitrogen and oxygen atoms in total. The minimum Gasteiger partial charge on any atom is -0.497 e. The van der Waals surface area contributed by atoms with Gasteiger partial charge in [-0.1, -0.05) is 198 Å². The molecule has 774 valence electrons. The molecule has 9 aliphatic carbocycles. The summed E-state index contributed by atoms with van der Waals surface area (Å²) < 4.78 is 44.6. The number of likely N-dealkylation sites (tertiary alicyclic amines) is 3. The second-order valence-electron chi connectivity index (χ2n) is 46.3. The van der Waals surface area contributed by atoms with Gasteiger partial charge in [0.2, 0.25) is 52.8 Å². The first kappa shape index (κ1) is 109. The SMILES string of the molecule is C=CCNC(=O)C(=O)C(CCC(F)(F)F)NC(=O)[C@@H]1[C@@H]2[C@H](CN1C(=O)[C@@H](NC(=O)N[C@H](C(=O)C1CC1)C(C)C)C(C)(C)C)C2(C)C.CC1(C)[C@@H]2[C@@H](C(=O)NC(CC3CC3)C(=O)C(N)=O)N(C(=O)[C@@H](NC(=O)N[C@H](C(=O)C3CC3)C3CCCCC3)C3Cc4ccccc4C3)C[C@@H]21.COc1cccc(C(=O)[C@@H](NC(=O)N[C@H](C(=O)N2C[C@H]3[C@@H]([C@H]2C(=O)NC(CC2CC2)C(=O)C(N)=O)C3(C)C)C(C)(C)C)C(C)C)c1. The molecule has 0 aromatic heterocycles. The summed E-state index contributed by atoms with van der Waals surface area (Å²) in [4.78, 5) is 244. The van der Waals surface area contributed by atoms with Crippen molar-refractivity contribution in [2.45, 2.75) is 311 Å². The lowest BCUT2D eigenvalue weighted by Gasteiger charge is -2.38. The highest BCUT2D eigenvalue weighted by molar-refractivity contribution is 6.39. The Morgan fingerprint density at radius 3 is 1.27 bits per heavy atom. The van der Waals surface area contributed by atoms with E-state index in [1.807, 2.05) is 100 Å². The van der Waals surface area contributed by atoms with E-state index < -0.39 is 185 Å². The van der Waals surface area contributed by atoms with Crippen molar-refractivity contribution in [3.63, 3.8) is 0 Å². The number of nitrogens with one attached hydrogen (secondary N) is 10. The zero-order chi connectivity index (χ0) is 104. The summed E-state index contributed by atoms with van der Waals surface area (Å²) in [5.74, 6) is -10.0. The molecule has 8 saturated carbocycles. The number of Topliss-reactive ketones (excluding diaryl/α,β-unsaturated/α-hetero) is 6. The van der Waals surface area contributed by atoms with E-state index in [4.69, 9.17) is 16.2 Å². The highest BCUT2D eigenvalue weighted by Crippen LogP contribution is 2.67. The molecule has 37 heteroatoms. The zero-order valence-corrected chi connectivity index (χ0v) is 84.6. The van der Waals surface area contributed by atoms with Crippen LogP contribution in [0.25, 0.3) is 0 Å². The number of fused-ring (bicyclic) bond motifs is 4. The number of hydrogen-bond donors (Lipinski definition) is 12. The lowest BCUT2D eigenvalue weighted by Crippen LogP contribution is -2.62. The van der Waals surface area contributed by atoms with Crippen LogP contribution in [0.1, 0.15) is 241 Å². The Bertz CT molecular complexity index is 5130. The van der Waals surface area contributed by atoms with Crippen LogP contribution < -0.4 is 69.4 Å². The average molecular weight is 1970 g/mol. The third-order valence-corrected chi connectivity index (χ3v) is 32.0. The summed E-state index contributed by atoms with van der Waals surface area (Å²) in [6.07, 6.45) is 8.15. The number of amides is 15. The Balaban J connectivity index is 0.000000189. The van der Waals surface area contributed by atoms with Crippen molar-refractivity contribution in [1.29, 1.82) is 0 Å². The van der Waals surface area contributed by atoms with Gasteiger partial charge in [-0.25, -0.2) is 14.4 Å². The first-order valence-corrected chi connectivity index (χ1v) is 50.5. The number of carbonyl (C=O) groups excluding carboxylic acids is 18. The second-order valence-corrected chi connectivity index (χ2v) is 46.3. The van der Waals surface area contributed by atoms with Crippen molar-refractivity contribution in [3.05, 3.63) is 77.9 Å². The summed E-state index contributed by atoms with van der Waals surface area (Å²) in [7, 11) is 1.50. The van der Waals surface area contributed by atoms with Gasteiger partial charge in [-0.05, 0) is 192 Å². The molecule has 15 amide bonds. The number of benzene rings is 2. The number of ketones is 6. The highest BCUT2D eigenvalue weighted by atomic mass is 19.4. The molecule has 12 aliphatic rings. The maximum absolute atomic E-state index is 14.8. The van der Waals surface area contributed by atoms with Crippen LogP contribution in [-0.2, 0) is 80.0 Å². The summed E-state index contributed by atoms with van der Waals surface area (Å²) in [6.45, 7) is 34.1. The molecular formula is C104H148F3N15O19. The van der Waals surface area contributed by atoms with Crippen molar-refractivity contribution >= 4 is 106 Å². The van der Waals surface area contributed by atoms with E-state index in [-0.39, 0.29) is 135 Å². The van der Waals surface area contributed by atoms with E-state index in [2.05, 4.69) is 73.6 Å². The fraction of sp³-hybridized carbons (Fsp3) is 0.692. The van der Waals surface area contributed by atoms with Crippen molar-refractivity contribution in [2.75, 3.05) is 33.3 Å². The number of ether oxygens (including phenoxy) is 1. The summed E-state index contributed by atoms with van der Waals surface area (Å²) in [6, 6.07) is 0.729. The van der Waals surface area contributed by atoms with Crippen LogP contribution in [0.15, 0.2) is 61.2 Å². The molecule has 2 aromatic rings. The Morgan fingerprint density at radius 2 is 0.879 bits per heavy atom. The molecule has 14 rings (SSSR count). The van der Waals surface area contributed by atoms with E-state index in [1.165, 1.54) is 23.0 Å². The van der Waals surface area contributed by atoms with E-state index in [0.29, 0.717) is 50.1 Å². The number of hydrogen-bond acceptors (Lipinski definition) is 19. The fourth-order valence-corrected chi connectivity index (χ4v) is 22.5. The summed E-state index contributed by atoms with van der Waals surface area (Å²) in [5, 5.41) is 27.2. The Hall–Kier alpha value is -11.2. The fourth-order valence-electron chi connectivity index (χ4n) is 22.5. The molecule has 0 radical (unpaired) electrons. The average Bonchev–Trinajstić information content (AvgIpc) is 1.53. The molecular weight excluding hydrogens is 1820 g/mol. The van der Waals surface area contributed by atoms with E-state index in [0.717, 1.165) is 94.6 Å². The van der Waals surface area contributed by atoms with Gasteiger partial charge in [-0.2, -0.15) is 13.2 Å². The number of carbonyl (C=O) groups is 18. The number of urea groups is 3. The van der Waals surface area contributed by atoms with Gasteiger partial charge in [0.25, 0.3) is 17.7 Å². The van der Waals surface area contributed by atoms with E-state index in [9.17, 15) is 99.5 Å². The van der Waals surface area contributed by atoms with Gasteiger partial charge in [-0.3, -0.25) is 71.9 Å². The van der Waals surface area contributed by atoms with Crippen molar-refractivity contribution in [2.24, 2.45) is 121 Å². The molecule has 11 fully saturated rings. The molecule has 3 unspecified atom stereocenters. The topological polar surface area (TPSA) is 499 Å². The Morgan fingerprint density at radius 1 is 0.475 bits per heavy atom. The lowest BCUT2D eigenvalue weighted by molar-refractivity contribution is -0.148. The Kier molecular flexibility index (Phi) is 33.3. The lowest BCUT2D eigenvalue weighted by atomic mass is 9.81. The van der Waals surface area contributed by atoms with Crippen LogP contribution >= 0.6 is 0 Å². The van der Waals surface area contributed by atoms with Crippen LogP contribution in [0.3, 0.4) is 0 Å². The number of alkyl halides is 3. The minimum atomic E-state index is -4.65. The molecule has 18 atom stereocenters. The van der Waals surface area contributed by atoms with Gasteiger partial charge in [0.15, 0.2) is 17.3 Å². The number of methoxy groups -OCH3 is 1. The smallest absolute Gasteiger partial charge is 0.389 e. The monoisotopic (exact) mass is 1970 g/mol. The standard InChI is InChI=1S/C38H51N5O6.C34H49N5O7.C32H48F3N5O6/c1-38(2)26-19-43(31(28(26)38)35(47)40-27(16-20-12-13-20)33(45)34(39)46)36(48)30(25-17-23-10-6-7-11-24(23)18-25)42-37(49)41-29(32(44)22-14-15-22)21-8-4-3-5-9-21;1-17(2)24(26(40)19-10-9-11-20(15-19)46-8)37-32(45)38-28(33(3,4)5)31(44)39-16-21-23(34(21,6)7)25(39)30(43)36-22(14-18-12-13-18)27(41)29(35)42;1-9-14-36-27(44)24(42)19(12-13-32(33,34)35)37-26(43)22-20-18(31(20,7)8)15-40(22)28(45)25(30(4,5)6)39-29(46)38-21(16(2)3)23(41)17-10-11-17/h6-7,10-11,20-22,25-31H,3-5,8-9,12-19H2,1-2H3,(H2,39,46)(H,40,47)(H2,41,42,49);9-11,15,17-18,21-25,28H,12-14,16H2,1-8H3,(H2,35,42)(H,36,43)(H2,37,38,45);9,16-22,25H,1,10-15H2,2-8H3,(H,36,44)(H,37,43)(H2,38,39,46)/t26-,27?,28-,29-,30-,31-;21-,22?,23-,24-,25-,28+;18-,19?,20-,21-,22-,25+/m000/s1. The van der Waals surface area contributed by atoms with Gasteiger partial charge in [0, 0.05) is 50.0 Å². The van der Waals surface area contributed by atoms with Crippen LogP contribution in [0, 0.1) is 110 Å². The molecule has 141 heavy (non-hydrogen) atoms. The molecule has 3 saturated heterocycles. The first-order chi connectivity index (χ1) is 65.9. The third kappa shape index (κ3) is 25.7. The van der Waals surface area contributed by atoms with Gasteiger partial charge >= 0.3 is 24.3 Å². The third-order valence-electron chi connectivity index (χ3n) is 32.0. The predicted octanol–water partition coefficient (Wildman–Crippen LogP) is 8.14. The van der Waals surface area contributed by atoms with Gasteiger partial charge < -0.3 is 84.1 Å². The first-order valence-electron chi connectivity index (χ1n) is 50.5. The van der Waals surface area contributed by atoms with Crippen molar-refractivity contribution < 1.29 is 104 Å². The maximum atomic E-state index is 14.8. The van der Waals surface area contributed by atoms with Crippen molar-refractivity contribution in [1.82, 2.24) is 67.9 Å². The Labute approximate surface area is 823 Å². The quantitative estimate of drug-likeness (QED) is 0.0170. The highest BCUT2D eigenvalue weighted by Gasteiger charge is 2.73. The van der Waals surface area contributed by atoms with Crippen molar-refractivity contribution in [3.8, 4) is 5.75 Å². The number of nitrogens with zero attached hydrogens (tertiary/aromatic N) is 3. The largest absolute Gasteiger partial charge is 0.497 e. The van der Waals surface area contributed by atoms with Gasteiger partial charge in [-0.15, -0.1) is 6.58 Å². The number of piperidine rings is 3. The van der Waals surface area contributed by atoms with E-state index in [1.54, 1.807) is 49.9 Å². The molecule has 3 heterocycles. The zero-order valence-electron chi connectivity index (χ0n) is 84.6. The second kappa shape index (κ2) is 43.2.